The molecule has 0 aliphatic carbocycles. The molecule has 0 rings (SSSR count). The van der Waals surface area contributed by atoms with Gasteiger partial charge in [-0.15, -0.1) is 0 Å². The summed E-state index contributed by atoms with van der Waals surface area (Å²) in [5, 5.41) is 0. The zero-order chi connectivity index (χ0) is 11.6. The lowest BCUT2D eigenvalue weighted by Crippen LogP contribution is -2.35. The van der Waals surface area contributed by atoms with E-state index in [4.69, 9.17) is 9.47 Å². The second-order valence-electron chi connectivity index (χ2n) is 4.10. The number of hydrogen-bond acceptors (Lipinski definition) is 2. The zero-order valence-corrected chi connectivity index (χ0v) is 12.0. The summed E-state index contributed by atoms with van der Waals surface area (Å²) < 4.78 is 11.0. The number of hydrogen-bond donors (Lipinski definition) is 0. The summed E-state index contributed by atoms with van der Waals surface area (Å²) >= 11 is 0. The van der Waals surface area contributed by atoms with Crippen LogP contribution in [0, 0.1) is 0 Å². The Hall–Kier alpha value is 0.137. The SMILES string of the molecule is CCOCC[Si](CC)(CC)CCOCC. The fourth-order valence-electron chi connectivity index (χ4n) is 1.95. The van der Waals surface area contributed by atoms with E-state index < -0.39 is 8.07 Å². The minimum atomic E-state index is -1.07. The van der Waals surface area contributed by atoms with Crippen molar-refractivity contribution < 1.29 is 9.47 Å². The van der Waals surface area contributed by atoms with Crippen LogP contribution in [0.1, 0.15) is 27.7 Å². The first-order valence-electron chi connectivity index (χ1n) is 6.40. The molecule has 0 heterocycles. The molecule has 0 aliphatic heterocycles. The van der Waals surface area contributed by atoms with E-state index in [0.717, 1.165) is 26.4 Å². The van der Waals surface area contributed by atoms with Crippen LogP contribution >= 0.6 is 0 Å². The van der Waals surface area contributed by atoms with Gasteiger partial charge in [0.2, 0.25) is 0 Å². The molecule has 0 saturated carbocycles. The first-order chi connectivity index (χ1) is 7.24. The Kier molecular flexibility index (Phi) is 9.45. The Bertz CT molecular complexity index is 124. The normalized spacial score (nSPS) is 12.0. The topological polar surface area (TPSA) is 18.5 Å². The maximum absolute atomic E-state index is 5.49. The maximum Gasteiger partial charge on any atom is 0.0575 e. The van der Waals surface area contributed by atoms with Crippen LogP contribution in [-0.2, 0) is 9.47 Å². The van der Waals surface area contributed by atoms with E-state index in [1.165, 1.54) is 24.2 Å². The van der Waals surface area contributed by atoms with Crippen LogP contribution in [0.2, 0.25) is 24.2 Å². The van der Waals surface area contributed by atoms with Crippen molar-refractivity contribution in [3.63, 3.8) is 0 Å². The largest absolute Gasteiger partial charge is 0.382 e. The molecule has 0 unspecified atom stereocenters. The Morgan fingerprint density at radius 1 is 0.733 bits per heavy atom. The molecule has 0 amide bonds. The van der Waals surface area contributed by atoms with E-state index in [-0.39, 0.29) is 0 Å². The lowest BCUT2D eigenvalue weighted by Gasteiger charge is -2.29. The van der Waals surface area contributed by atoms with E-state index in [2.05, 4.69) is 27.7 Å². The molecule has 0 aromatic rings. The molecule has 92 valence electrons. The summed E-state index contributed by atoms with van der Waals surface area (Å²) in [7, 11) is -1.07. The third-order valence-corrected chi connectivity index (χ3v) is 8.99. The smallest absolute Gasteiger partial charge is 0.0575 e. The lowest BCUT2D eigenvalue weighted by atomic mass is 10.8. The highest BCUT2D eigenvalue weighted by Gasteiger charge is 2.27. The van der Waals surface area contributed by atoms with Crippen molar-refractivity contribution >= 4 is 8.07 Å². The van der Waals surface area contributed by atoms with Gasteiger partial charge in [0.25, 0.3) is 0 Å². The molecular formula is C12H28O2Si. The molecule has 0 saturated heterocycles. The summed E-state index contributed by atoms with van der Waals surface area (Å²) in [5.74, 6) is 0. The average Bonchev–Trinajstić information content (AvgIpc) is 2.28. The molecular weight excluding hydrogens is 204 g/mol. The van der Waals surface area contributed by atoms with Crippen LogP contribution in [0.5, 0.6) is 0 Å². The molecule has 0 fully saturated rings. The van der Waals surface area contributed by atoms with Crippen LogP contribution < -0.4 is 0 Å². The average molecular weight is 232 g/mol. The predicted octanol–water partition coefficient (Wildman–Crippen LogP) is 3.55. The molecule has 0 aromatic heterocycles. The lowest BCUT2D eigenvalue weighted by molar-refractivity contribution is 0.155. The highest BCUT2D eigenvalue weighted by molar-refractivity contribution is 6.79. The molecule has 0 aromatic carbocycles. The highest BCUT2D eigenvalue weighted by Crippen LogP contribution is 2.25. The Labute approximate surface area is 96.4 Å². The molecule has 0 aliphatic rings. The summed E-state index contributed by atoms with van der Waals surface area (Å²) in [6.07, 6.45) is 0. The third-order valence-electron chi connectivity index (χ3n) is 3.46. The first-order valence-corrected chi connectivity index (χ1v) is 9.23. The monoisotopic (exact) mass is 232 g/mol. The second kappa shape index (κ2) is 9.37. The van der Waals surface area contributed by atoms with Gasteiger partial charge in [0.15, 0.2) is 0 Å². The molecule has 0 spiro atoms. The molecule has 0 radical (unpaired) electrons. The van der Waals surface area contributed by atoms with Crippen LogP contribution in [0.15, 0.2) is 0 Å². The third kappa shape index (κ3) is 6.33. The van der Waals surface area contributed by atoms with Gasteiger partial charge in [-0.3, -0.25) is 0 Å². The van der Waals surface area contributed by atoms with Crippen molar-refractivity contribution in [3.05, 3.63) is 0 Å². The number of ether oxygens (including phenoxy) is 2. The zero-order valence-electron chi connectivity index (χ0n) is 11.0. The molecule has 0 bridgehead atoms. The van der Waals surface area contributed by atoms with Crippen LogP contribution in [0.25, 0.3) is 0 Å². The minimum absolute atomic E-state index is 0.851. The van der Waals surface area contributed by atoms with E-state index in [1.807, 2.05) is 0 Å². The minimum Gasteiger partial charge on any atom is -0.382 e. The summed E-state index contributed by atoms with van der Waals surface area (Å²) in [4.78, 5) is 0. The summed E-state index contributed by atoms with van der Waals surface area (Å²) in [6.45, 7) is 12.4. The maximum atomic E-state index is 5.49. The summed E-state index contributed by atoms with van der Waals surface area (Å²) in [5.41, 5.74) is 0. The van der Waals surface area contributed by atoms with Gasteiger partial charge in [0.05, 0.1) is 8.07 Å². The van der Waals surface area contributed by atoms with Gasteiger partial charge >= 0.3 is 0 Å². The fraction of sp³-hybridized carbons (Fsp3) is 1.00. The van der Waals surface area contributed by atoms with E-state index in [0.29, 0.717) is 0 Å². The van der Waals surface area contributed by atoms with Crippen molar-refractivity contribution in [1.82, 2.24) is 0 Å². The quantitative estimate of drug-likeness (QED) is 0.424. The van der Waals surface area contributed by atoms with E-state index in [1.54, 1.807) is 0 Å². The molecule has 2 nitrogen and oxygen atoms in total. The van der Waals surface area contributed by atoms with Crippen molar-refractivity contribution in [2.45, 2.75) is 51.9 Å². The van der Waals surface area contributed by atoms with Gasteiger partial charge in [0.1, 0.15) is 0 Å². The van der Waals surface area contributed by atoms with Gasteiger partial charge in [-0.05, 0) is 25.9 Å². The first kappa shape index (κ1) is 15.1. The van der Waals surface area contributed by atoms with Gasteiger partial charge in [0, 0.05) is 26.4 Å². The predicted molar refractivity (Wildman–Crippen MR) is 69.3 cm³/mol. The van der Waals surface area contributed by atoms with Crippen LogP contribution in [-0.4, -0.2) is 34.5 Å². The van der Waals surface area contributed by atoms with Crippen LogP contribution in [0.4, 0.5) is 0 Å². The Balaban J connectivity index is 3.93. The van der Waals surface area contributed by atoms with Gasteiger partial charge in [-0.2, -0.15) is 0 Å². The van der Waals surface area contributed by atoms with Crippen molar-refractivity contribution in [3.8, 4) is 0 Å². The van der Waals surface area contributed by atoms with Crippen molar-refractivity contribution in [1.29, 1.82) is 0 Å². The van der Waals surface area contributed by atoms with Crippen molar-refractivity contribution in [2.75, 3.05) is 26.4 Å². The Morgan fingerprint density at radius 3 is 1.40 bits per heavy atom. The molecule has 0 atom stereocenters. The molecule has 3 heteroatoms. The van der Waals surface area contributed by atoms with Crippen LogP contribution in [0.3, 0.4) is 0 Å². The van der Waals surface area contributed by atoms with E-state index >= 15 is 0 Å². The molecule has 15 heavy (non-hydrogen) atoms. The fourth-order valence-corrected chi connectivity index (χ4v) is 5.27. The second-order valence-corrected chi connectivity index (χ2v) is 9.52. The number of rotatable bonds is 10. The Morgan fingerprint density at radius 2 is 1.13 bits per heavy atom. The highest BCUT2D eigenvalue weighted by atomic mass is 28.3. The van der Waals surface area contributed by atoms with Gasteiger partial charge < -0.3 is 9.47 Å². The standard InChI is InChI=1S/C12H28O2Si/c1-5-13-9-11-15(7-3,8-4)12-10-14-6-2/h5-12H2,1-4H3. The molecule has 0 N–H and O–H groups in total. The van der Waals surface area contributed by atoms with Crippen molar-refractivity contribution in [2.24, 2.45) is 0 Å². The van der Waals surface area contributed by atoms with E-state index in [9.17, 15) is 0 Å². The van der Waals surface area contributed by atoms with Gasteiger partial charge in [-0.25, -0.2) is 0 Å². The summed E-state index contributed by atoms with van der Waals surface area (Å²) in [6, 6.07) is 5.34. The van der Waals surface area contributed by atoms with Gasteiger partial charge in [-0.1, -0.05) is 25.9 Å².